The molecule has 0 spiro atoms. The number of nitro groups is 1. The summed E-state index contributed by atoms with van der Waals surface area (Å²) in [5.41, 5.74) is -0.632. The number of halogens is 3. The quantitative estimate of drug-likeness (QED) is 0.365. The summed E-state index contributed by atoms with van der Waals surface area (Å²) in [6.45, 7) is 4.75. The van der Waals surface area contributed by atoms with E-state index in [4.69, 9.17) is 9.26 Å². The van der Waals surface area contributed by atoms with E-state index in [1.807, 2.05) is 36.1 Å². The van der Waals surface area contributed by atoms with E-state index in [1.165, 1.54) is 0 Å². The molecule has 2 heterocycles. The zero-order chi connectivity index (χ0) is 24.3. The SMILES string of the molecule is CCOc1ccc(-c2noc(CN3CCN(c4ccc(C(F)(F)F)cc4[N+](=O)[O-])CC3)n2)cc1. The summed E-state index contributed by atoms with van der Waals surface area (Å²) in [5, 5.41) is 15.4. The standard InChI is InChI=1S/C22H22F3N5O4/c1-2-33-17-6-3-15(4-7-17)21-26-20(34-27-21)14-28-9-11-29(12-10-28)18-8-5-16(22(23,24)25)13-19(18)30(31)32/h3-8,13H,2,9-12,14H2,1H3. The van der Waals surface area contributed by atoms with Gasteiger partial charge >= 0.3 is 6.18 Å². The van der Waals surface area contributed by atoms with Crippen molar-refractivity contribution < 1.29 is 27.4 Å². The van der Waals surface area contributed by atoms with Crippen LogP contribution in [0, 0.1) is 10.1 Å². The molecule has 1 aliphatic heterocycles. The third-order valence-corrected chi connectivity index (χ3v) is 5.46. The number of piperazine rings is 1. The molecule has 1 saturated heterocycles. The van der Waals surface area contributed by atoms with Gasteiger partial charge in [0.05, 0.1) is 23.6 Å². The summed E-state index contributed by atoms with van der Waals surface area (Å²) in [4.78, 5) is 18.8. The molecule has 1 fully saturated rings. The fraction of sp³-hybridized carbons (Fsp3) is 0.364. The number of hydrogen-bond donors (Lipinski definition) is 0. The Morgan fingerprint density at radius 2 is 1.82 bits per heavy atom. The van der Waals surface area contributed by atoms with Gasteiger partial charge in [0, 0.05) is 37.8 Å². The molecule has 4 rings (SSSR count). The Morgan fingerprint density at radius 3 is 2.44 bits per heavy atom. The van der Waals surface area contributed by atoms with Crippen LogP contribution >= 0.6 is 0 Å². The number of nitrogens with zero attached hydrogens (tertiary/aromatic N) is 5. The molecule has 0 bridgehead atoms. The zero-order valence-electron chi connectivity index (χ0n) is 18.3. The molecule has 0 N–H and O–H groups in total. The number of ether oxygens (including phenoxy) is 1. The molecule has 34 heavy (non-hydrogen) atoms. The lowest BCUT2D eigenvalue weighted by Crippen LogP contribution is -2.46. The van der Waals surface area contributed by atoms with Gasteiger partial charge in [0.2, 0.25) is 11.7 Å². The minimum Gasteiger partial charge on any atom is -0.494 e. The third kappa shape index (κ3) is 5.28. The summed E-state index contributed by atoms with van der Waals surface area (Å²) in [6.07, 6.45) is -4.64. The van der Waals surface area contributed by atoms with Gasteiger partial charge in [-0.3, -0.25) is 15.0 Å². The van der Waals surface area contributed by atoms with Gasteiger partial charge in [0.1, 0.15) is 11.4 Å². The molecule has 12 heteroatoms. The highest BCUT2D eigenvalue weighted by molar-refractivity contribution is 5.65. The summed E-state index contributed by atoms with van der Waals surface area (Å²) < 4.78 is 49.6. The monoisotopic (exact) mass is 477 g/mol. The van der Waals surface area contributed by atoms with Crippen LogP contribution in [0.1, 0.15) is 18.4 Å². The van der Waals surface area contributed by atoms with Crippen LogP contribution in [-0.2, 0) is 12.7 Å². The molecule has 0 amide bonds. The lowest BCUT2D eigenvalue weighted by molar-refractivity contribution is -0.384. The van der Waals surface area contributed by atoms with Crippen molar-refractivity contribution in [3.63, 3.8) is 0 Å². The van der Waals surface area contributed by atoms with Crippen LogP contribution in [0.4, 0.5) is 24.5 Å². The molecule has 0 saturated carbocycles. The van der Waals surface area contributed by atoms with Crippen LogP contribution < -0.4 is 9.64 Å². The van der Waals surface area contributed by atoms with Crippen molar-refractivity contribution in [1.29, 1.82) is 0 Å². The second-order valence-electron chi connectivity index (χ2n) is 7.69. The fourth-order valence-corrected chi connectivity index (χ4v) is 3.75. The first-order valence-corrected chi connectivity index (χ1v) is 10.6. The van der Waals surface area contributed by atoms with Crippen LogP contribution in [0.15, 0.2) is 47.0 Å². The molecule has 0 atom stereocenters. The highest BCUT2D eigenvalue weighted by atomic mass is 19.4. The molecule has 180 valence electrons. The molecule has 9 nitrogen and oxygen atoms in total. The third-order valence-electron chi connectivity index (χ3n) is 5.46. The fourth-order valence-electron chi connectivity index (χ4n) is 3.75. The number of nitro benzene ring substituents is 1. The van der Waals surface area contributed by atoms with Crippen molar-refractivity contribution in [2.45, 2.75) is 19.6 Å². The van der Waals surface area contributed by atoms with E-state index < -0.39 is 22.4 Å². The van der Waals surface area contributed by atoms with Gasteiger partial charge in [-0.25, -0.2) is 0 Å². The molecular weight excluding hydrogens is 455 g/mol. The molecule has 0 aliphatic carbocycles. The van der Waals surface area contributed by atoms with E-state index in [1.54, 1.807) is 4.90 Å². The predicted molar refractivity (Wildman–Crippen MR) is 116 cm³/mol. The lowest BCUT2D eigenvalue weighted by Gasteiger charge is -2.35. The predicted octanol–water partition coefficient (Wildman–Crippen LogP) is 4.38. The second kappa shape index (κ2) is 9.67. The van der Waals surface area contributed by atoms with Crippen molar-refractivity contribution in [2.24, 2.45) is 0 Å². The van der Waals surface area contributed by atoms with Crippen LogP contribution in [0.5, 0.6) is 5.75 Å². The number of alkyl halides is 3. The number of rotatable bonds is 7. The molecular formula is C22H22F3N5O4. The first-order valence-electron chi connectivity index (χ1n) is 10.6. The number of anilines is 1. The Bertz CT molecular complexity index is 1140. The van der Waals surface area contributed by atoms with E-state index in [0.29, 0.717) is 57.1 Å². The Kier molecular flexibility index (Phi) is 6.68. The highest BCUT2D eigenvalue weighted by Crippen LogP contribution is 2.36. The van der Waals surface area contributed by atoms with Crippen molar-refractivity contribution in [1.82, 2.24) is 15.0 Å². The molecule has 3 aromatic rings. The summed E-state index contributed by atoms with van der Waals surface area (Å²) in [6, 6.07) is 9.96. The maximum atomic E-state index is 13.0. The topological polar surface area (TPSA) is 97.8 Å². The first kappa shape index (κ1) is 23.5. The minimum absolute atomic E-state index is 0.174. The van der Waals surface area contributed by atoms with E-state index >= 15 is 0 Å². The van der Waals surface area contributed by atoms with Crippen molar-refractivity contribution in [3.8, 4) is 17.1 Å². The largest absolute Gasteiger partial charge is 0.494 e. The Hall–Kier alpha value is -3.67. The summed E-state index contributed by atoms with van der Waals surface area (Å²) >= 11 is 0. The highest BCUT2D eigenvalue weighted by Gasteiger charge is 2.34. The minimum atomic E-state index is -4.64. The van der Waals surface area contributed by atoms with Gasteiger partial charge in [-0.15, -0.1) is 0 Å². The molecule has 0 unspecified atom stereocenters. The molecule has 0 radical (unpaired) electrons. The van der Waals surface area contributed by atoms with Crippen molar-refractivity contribution in [2.75, 3.05) is 37.7 Å². The van der Waals surface area contributed by atoms with Gasteiger partial charge in [0.15, 0.2) is 0 Å². The summed E-state index contributed by atoms with van der Waals surface area (Å²) in [7, 11) is 0. The van der Waals surface area contributed by atoms with E-state index in [0.717, 1.165) is 23.4 Å². The van der Waals surface area contributed by atoms with Crippen molar-refractivity contribution in [3.05, 3.63) is 64.0 Å². The van der Waals surface area contributed by atoms with Crippen LogP contribution in [-0.4, -0.2) is 52.7 Å². The Labute approximate surface area is 192 Å². The molecule has 1 aliphatic rings. The second-order valence-corrected chi connectivity index (χ2v) is 7.69. The number of aromatic nitrogens is 2. The van der Waals surface area contributed by atoms with E-state index in [-0.39, 0.29) is 5.69 Å². The maximum Gasteiger partial charge on any atom is 0.416 e. The average Bonchev–Trinajstić information content (AvgIpc) is 3.28. The molecule has 1 aromatic heterocycles. The smallest absolute Gasteiger partial charge is 0.416 e. The van der Waals surface area contributed by atoms with Gasteiger partial charge in [0.25, 0.3) is 5.69 Å². The van der Waals surface area contributed by atoms with Crippen LogP contribution in [0.3, 0.4) is 0 Å². The first-order chi connectivity index (χ1) is 16.2. The summed E-state index contributed by atoms with van der Waals surface area (Å²) in [5.74, 6) is 1.64. The molecule has 2 aromatic carbocycles. The van der Waals surface area contributed by atoms with Crippen LogP contribution in [0.2, 0.25) is 0 Å². The lowest BCUT2D eigenvalue weighted by atomic mass is 10.1. The van der Waals surface area contributed by atoms with E-state index in [2.05, 4.69) is 10.1 Å². The van der Waals surface area contributed by atoms with E-state index in [9.17, 15) is 23.3 Å². The van der Waals surface area contributed by atoms with Gasteiger partial charge in [-0.1, -0.05) is 5.16 Å². The number of benzene rings is 2. The van der Waals surface area contributed by atoms with Crippen LogP contribution in [0.25, 0.3) is 11.4 Å². The number of hydrogen-bond acceptors (Lipinski definition) is 8. The average molecular weight is 477 g/mol. The zero-order valence-corrected chi connectivity index (χ0v) is 18.3. The Morgan fingerprint density at radius 1 is 1.12 bits per heavy atom. The Balaban J connectivity index is 1.38. The van der Waals surface area contributed by atoms with Gasteiger partial charge in [-0.05, 0) is 43.3 Å². The van der Waals surface area contributed by atoms with Crippen molar-refractivity contribution >= 4 is 11.4 Å². The van der Waals surface area contributed by atoms with Gasteiger partial charge < -0.3 is 14.2 Å². The normalized spacial score (nSPS) is 14.9. The maximum absolute atomic E-state index is 13.0. The van der Waals surface area contributed by atoms with Gasteiger partial charge in [-0.2, -0.15) is 18.2 Å².